The average molecular weight is 467 g/mol. The fraction of sp³-hybridized carbons (Fsp3) is 0.154. The van der Waals surface area contributed by atoms with Crippen molar-refractivity contribution in [3.63, 3.8) is 0 Å². The van der Waals surface area contributed by atoms with Gasteiger partial charge in [-0.25, -0.2) is 0 Å². The van der Waals surface area contributed by atoms with Crippen LogP contribution in [-0.4, -0.2) is 18.6 Å². The average Bonchev–Trinajstić information content (AvgIpc) is 3.27. The van der Waals surface area contributed by atoms with Gasteiger partial charge in [-0.15, -0.1) is 0 Å². The standard InChI is InChI=1S/C26H20F3NO4/c27-26(28,29)21-9-5-19(6-10-21)16-33-30-14-13-18-7-11-22(12-8-18)32-17-23(31)25-15-20-3-1-2-4-24(20)34-25/h1-12,14-15H,13,16-17H2. The molecular weight excluding hydrogens is 447 g/mol. The lowest BCUT2D eigenvalue weighted by molar-refractivity contribution is -0.137. The van der Waals surface area contributed by atoms with Crippen LogP contribution in [0.4, 0.5) is 13.2 Å². The number of halogens is 3. The number of nitrogens with zero attached hydrogens (tertiary/aromatic N) is 1. The molecule has 5 nitrogen and oxygen atoms in total. The predicted octanol–water partition coefficient (Wildman–Crippen LogP) is 6.46. The smallest absolute Gasteiger partial charge is 0.416 e. The van der Waals surface area contributed by atoms with E-state index in [4.69, 9.17) is 14.0 Å². The Kier molecular flexibility index (Phi) is 6.96. The minimum Gasteiger partial charge on any atom is -0.485 e. The van der Waals surface area contributed by atoms with Gasteiger partial charge in [-0.05, 0) is 47.5 Å². The van der Waals surface area contributed by atoms with Crippen LogP contribution >= 0.6 is 0 Å². The molecule has 0 unspecified atom stereocenters. The number of carbonyl (C=O) groups excluding carboxylic acids is 1. The number of rotatable bonds is 9. The zero-order chi connectivity index (χ0) is 24.0. The van der Waals surface area contributed by atoms with Crippen molar-refractivity contribution in [2.45, 2.75) is 19.2 Å². The lowest BCUT2D eigenvalue weighted by atomic mass is 10.1. The Morgan fingerprint density at radius 3 is 2.35 bits per heavy atom. The number of hydrogen-bond donors (Lipinski definition) is 0. The van der Waals surface area contributed by atoms with Crippen molar-refractivity contribution in [1.29, 1.82) is 0 Å². The molecule has 0 aliphatic heterocycles. The van der Waals surface area contributed by atoms with E-state index < -0.39 is 11.7 Å². The molecule has 8 heteroatoms. The third kappa shape index (κ3) is 6.04. The molecule has 0 spiro atoms. The molecule has 34 heavy (non-hydrogen) atoms. The van der Waals surface area contributed by atoms with Gasteiger partial charge in [-0.1, -0.05) is 47.6 Å². The normalized spacial score (nSPS) is 11.7. The SMILES string of the molecule is O=C(COc1ccc(CC=NOCc2ccc(C(F)(F)F)cc2)cc1)c1cc2ccccc2o1. The second-order valence-corrected chi connectivity index (χ2v) is 7.46. The molecule has 0 amide bonds. The molecule has 0 fully saturated rings. The molecular formula is C26H20F3NO4. The molecule has 0 atom stereocenters. The van der Waals surface area contributed by atoms with Crippen LogP contribution in [0.2, 0.25) is 0 Å². The highest BCUT2D eigenvalue weighted by molar-refractivity contribution is 5.98. The first kappa shape index (κ1) is 23.1. The summed E-state index contributed by atoms with van der Waals surface area (Å²) in [6.45, 7) is -0.0703. The fourth-order valence-electron chi connectivity index (χ4n) is 3.16. The first-order valence-corrected chi connectivity index (χ1v) is 10.4. The van der Waals surface area contributed by atoms with Gasteiger partial charge in [0.1, 0.15) is 17.9 Å². The number of alkyl halides is 3. The predicted molar refractivity (Wildman–Crippen MR) is 121 cm³/mol. The van der Waals surface area contributed by atoms with E-state index in [1.165, 1.54) is 12.1 Å². The second kappa shape index (κ2) is 10.2. The molecule has 0 N–H and O–H groups in total. The van der Waals surface area contributed by atoms with E-state index in [1.54, 1.807) is 30.5 Å². The highest BCUT2D eigenvalue weighted by Crippen LogP contribution is 2.29. The van der Waals surface area contributed by atoms with E-state index in [1.807, 2.05) is 30.3 Å². The second-order valence-electron chi connectivity index (χ2n) is 7.46. The van der Waals surface area contributed by atoms with Crippen molar-refractivity contribution < 1.29 is 32.0 Å². The van der Waals surface area contributed by atoms with Crippen LogP contribution in [0.25, 0.3) is 11.0 Å². The van der Waals surface area contributed by atoms with Crippen LogP contribution in [0.1, 0.15) is 27.2 Å². The Morgan fingerprint density at radius 2 is 1.65 bits per heavy atom. The van der Waals surface area contributed by atoms with Crippen molar-refractivity contribution in [2.24, 2.45) is 5.16 Å². The number of furan rings is 1. The summed E-state index contributed by atoms with van der Waals surface area (Å²) in [6, 6.07) is 21.0. The molecule has 174 valence electrons. The van der Waals surface area contributed by atoms with Gasteiger partial charge in [0.25, 0.3) is 0 Å². The van der Waals surface area contributed by atoms with E-state index in [-0.39, 0.29) is 24.8 Å². The van der Waals surface area contributed by atoms with Crippen molar-refractivity contribution in [3.05, 3.63) is 101 Å². The molecule has 4 rings (SSSR count). The quantitative estimate of drug-likeness (QED) is 0.161. The third-order valence-electron chi connectivity index (χ3n) is 4.98. The van der Waals surface area contributed by atoms with Crippen LogP contribution in [0.3, 0.4) is 0 Å². The van der Waals surface area contributed by atoms with E-state index >= 15 is 0 Å². The van der Waals surface area contributed by atoms with Gasteiger partial charge in [0.05, 0.1) is 5.56 Å². The van der Waals surface area contributed by atoms with Gasteiger partial charge in [0, 0.05) is 18.0 Å². The molecule has 0 bridgehead atoms. The minimum atomic E-state index is -4.36. The topological polar surface area (TPSA) is 61.0 Å². The number of fused-ring (bicyclic) bond motifs is 1. The van der Waals surface area contributed by atoms with Crippen LogP contribution < -0.4 is 4.74 Å². The maximum atomic E-state index is 12.6. The Balaban J connectivity index is 1.20. The zero-order valence-electron chi connectivity index (χ0n) is 17.9. The third-order valence-corrected chi connectivity index (χ3v) is 4.98. The summed E-state index contributed by atoms with van der Waals surface area (Å²) < 4.78 is 48.8. The Hall–Kier alpha value is -4.07. The van der Waals surface area contributed by atoms with Gasteiger partial charge < -0.3 is 14.0 Å². The Morgan fingerprint density at radius 1 is 0.941 bits per heavy atom. The molecule has 0 radical (unpaired) electrons. The lowest BCUT2D eigenvalue weighted by Gasteiger charge is -2.07. The molecule has 0 saturated carbocycles. The number of oxime groups is 1. The summed E-state index contributed by atoms with van der Waals surface area (Å²) >= 11 is 0. The molecule has 0 aliphatic rings. The van der Waals surface area contributed by atoms with Gasteiger partial charge in [-0.3, -0.25) is 4.79 Å². The highest BCUT2D eigenvalue weighted by Gasteiger charge is 2.29. The molecule has 4 aromatic rings. The summed E-state index contributed by atoms with van der Waals surface area (Å²) in [5.41, 5.74) is 1.48. The summed E-state index contributed by atoms with van der Waals surface area (Å²) in [5.74, 6) is 0.548. The van der Waals surface area contributed by atoms with Crippen molar-refractivity contribution in [3.8, 4) is 5.75 Å². The van der Waals surface area contributed by atoms with Crippen molar-refractivity contribution >= 4 is 23.0 Å². The number of Topliss-reactive ketones (excluding diaryl/α,β-unsaturated/α-hetero) is 1. The van der Waals surface area contributed by atoms with Gasteiger partial charge in [0.15, 0.2) is 12.4 Å². The Labute approximate surface area is 193 Å². The van der Waals surface area contributed by atoms with Crippen LogP contribution in [0.5, 0.6) is 5.75 Å². The minimum absolute atomic E-state index is 0.0701. The number of hydrogen-bond acceptors (Lipinski definition) is 5. The van der Waals surface area contributed by atoms with Crippen LogP contribution in [-0.2, 0) is 24.0 Å². The molecule has 1 heterocycles. The lowest BCUT2D eigenvalue weighted by Crippen LogP contribution is -2.10. The molecule has 1 aromatic heterocycles. The number of ketones is 1. The first-order chi connectivity index (χ1) is 16.4. The largest absolute Gasteiger partial charge is 0.485 e. The number of ether oxygens (including phenoxy) is 1. The fourth-order valence-corrected chi connectivity index (χ4v) is 3.16. The summed E-state index contributed by atoms with van der Waals surface area (Å²) in [5, 5.41) is 4.69. The van der Waals surface area contributed by atoms with Crippen molar-refractivity contribution in [1.82, 2.24) is 0 Å². The number of carbonyl (C=O) groups is 1. The number of para-hydroxylation sites is 1. The van der Waals surface area contributed by atoms with E-state index in [2.05, 4.69) is 5.16 Å². The van der Waals surface area contributed by atoms with E-state index in [9.17, 15) is 18.0 Å². The van der Waals surface area contributed by atoms with E-state index in [0.29, 0.717) is 23.3 Å². The summed E-state index contributed by atoms with van der Waals surface area (Å²) in [4.78, 5) is 17.5. The van der Waals surface area contributed by atoms with E-state index in [0.717, 1.165) is 23.1 Å². The van der Waals surface area contributed by atoms with Crippen LogP contribution in [0.15, 0.2) is 88.4 Å². The van der Waals surface area contributed by atoms with Crippen LogP contribution in [0, 0.1) is 0 Å². The molecule has 0 aliphatic carbocycles. The maximum Gasteiger partial charge on any atom is 0.416 e. The monoisotopic (exact) mass is 467 g/mol. The van der Waals surface area contributed by atoms with Gasteiger partial charge >= 0.3 is 6.18 Å². The maximum absolute atomic E-state index is 12.6. The van der Waals surface area contributed by atoms with Gasteiger partial charge in [0.2, 0.25) is 5.78 Å². The molecule has 3 aromatic carbocycles. The molecule has 0 saturated heterocycles. The Bertz CT molecular complexity index is 1240. The van der Waals surface area contributed by atoms with Crippen molar-refractivity contribution in [2.75, 3.05) is 6.61 Å². The van der Waals surface area contributed by atoms with Gasteiger partial charge in [-0.2, -0.15) is 13.2 Å². The number of benzene rings is 3. The summed E-state index contributed by atoms with van der Waals surface area (Å²) in [7, 11) is 0. The zero-order valence-corrected chi connectivity index (χ0v) is 17.9. The summed E-state index contributed by atoms with van der Waals surface area (Å²) in [6.07, 6.45) is -2.31. The first-order valence-electron chi connectivity index (χ1n) is 10.4. The highest BCUT2D eigenvalue weighted by atomic mass is 19.4.